The summed E-state index contributed by atoms with van der Waals surface area (Å²) in [6.07, 6.45) is 0.482. The number of amides is 1. The van der Waals surface area contributed by atoms with Gasteiger partial charge in [0, 0.05) is 27.2 Å². The zero-order valence-corrected chi connectivity index (χ0v) is 16.9. The summed E-state index contributed by atoms with van der Waals surface area (Å²) >= 11 is 18.1. The number of carbonyl (C=O) groups is 1. The number of nitrogens with zero attached hydrogens (tertiary/aromatic N) is 2. The van der Waals surface area contributed by atoms with E-state index in [1.165, 1.54) is 0 Å². The van der Waals surface area contributed by atoms with E-state index in [0.717, 1.165) is 11.3 Å². The summed E-state index contributed by atoms with van der Waals surface area (Å²) in [7, 11) is 0. The molecule has 3 aromatic carbocycles. The Balaban J connectivity index is 1.77. The van der Waals surface area contributed by atoms with Crippen molar-refractivity contribution in [2.75, 3.05) is 4.90 Å². The Kier molecular flexibility index (Phi) is 5.40. The molecule has 0 radical (unpaired) electrons. The molecule has 1 saturated heterocycles. The van der Waals surface area contributed by atoms with E-state index in [1.807, 2.05) is 48.5 Å². The van der Waals surface area contributed by atoms with Crippen LogP contribution in [0, 0.1) is 0 Å². The van der Waals surface area contributed by atoms with E-state index in [-0.39, 0.29) is 11.9 Å². The molecule has 6 heteroatoms. The Morgan fingerprint density at radius 3 is 2.11 bits per heavy atom. The second-order valence-corrected chi connectivity index (χ2v) is 7.77. The molecule has 3 aromatic rings. The van der Waals surface area contributed by atoms with Gasteiger partial charge in [-0.25, -0.2) is 4.99 Å². The molecule has 0 unspecified atom stereocenters. The van der Waals surface area contributed by atoms with Gasteiger partial charge in [0.05, 0.1) is 11.7 Å². The lowest BCUT2D eigenvalue weighted by Crippen LogP contribution is -2.29. The average molecular weight is 430 g/mol. The van der Waals surface area contributed by atoms with Gasteiger partial charge in [0.25, 0.3) is 5.91 Å². The molecular formula is C22H15Cl3N2O. The number of halogens is 3. The Morgan fingerprint density at radius 2 is 1.46 bits per heavy atom. The number of rotatable bonds is 3. The standard InChI is InChI=1S/C22H15Cl3N2O/c23-15-6-4-14(5-7-15)21-13-20(26-18-3-1-2-17(25)12-18)22(28)27(21)19-10-8-16(24)9-11-19/h1-12,21H,13H2/t21-/m0/s1. The number of hydrogen-bond acceptors (Lipinski definition) is 2. The summed E-state index contributed by atoms with van der Waals surface area (Å²) in [4.78, 5) is 19.6. The number of hydrogen-bond donors (Lipinski definition) is 0. The molecule has 1 amide bonds. The zero-order chi connectivity index (χ0) is 19.7. The fraction of sp³-hybridized carbons (Fsp3) is 0.0909. The van der Waals surface area contributed by atoms with Gasteiger partial charge < -0.3 is 0 Å². The minimum absolute atomic E-state index is 0.137. The van der Waals surface area contributed by atoms with Crippen molar-refractivity contribution in [1.29, 1.82) is 0 Å². The Morgan fingerprint density at radius 1 is 0.821 bits per heavy atom. The van der Waals surface area contributed by atoms with Crippen LogP contribution in [0.1, 0.15) is 18.0 Å². The molecule has 0 aliphatic carbocycles. The first-order chi connectivity index (χ1) is 13.5. The van der Waals surface area contributed by atoms with Gasteiger partial charge in [0.15, 0.2) is 0 Å². The summed E-state index contributed by atoms with van der Waals surface area (Å²) in [6.45, 7) is 0. The van der Waals surface area contributed by atoms with E-state index in [4.69, 9.17) is 34.8 Å². The molecule has 1 atom stereocenters. The second kappa shape index (κ2) is 7.96. The maximum absolute atomic E-state index is 13.2. The van der Waals surface area contributed by atoms with Crippen LogP contribution < -0.4 is 4.90 Å². The molecule has 1 aliphatic rings. The quantitative estimate of drug-likeness (QED) is 0.446. The van der Waals surface area contributed by atoms with Crippen LogP contribution in [0.15, 0.2) is 77.8 Å². The lowest BCUT2D eigenvalue weighted by atomic mass is 10.0. The van der Waals surface area contributed by atoms with Crippen LogP contribution >= 0.6 is 34.8 Å². The van der Waals surface area contributed by atoms with Crippen LogP contribution in [-0.4, -0.2) is 11.6 Å². The van der Waals surface area contributed by atoms with Gasteiger partial charge in [-0.3, -0.25) is 9.69 Å². The average Bonchev–Trinajstić information content (AvgIpc) is 2.99. The van der Waals surface area contributed by atoms with Crippen LogP contribution in [-0.2, 0) is 4.79 Å². The molecule has 0 N–H and O–H groups in total. The first-order valence-electron chi connectivity index (χ1n) is 8.69. The van der Waals surface area contributed by atoms with E-state index in [9.17, 15) is 4.79 Å². The molecule has 3 nitrogen and oxygen atoms in total. The van der Waals surface area contributed by atoms with Gasteiger partial charge in [0.1, 0.15) is 5.71 Å². The largest absolute Gasteiger partial charge is 0.299 e. The van der Waals surface area contributed by atoms with E-state index in [2.05, 4.69) is 4.99 Å². The SMILES string of the molecule is O=C1C(=Nc2cccc(Cl)c2)C[C@@H](c2ccc(Cl)cc2)N1c1ccc(Cl)cc1. The maximum atomic E-state index is 13.2. The third kappa shape index (κ3) is 3.93. The topological polar surface area (TPSA) is 32.7 Å². The molecule has 0 aromatic heterocycles. The predicted molar refractivity (Wildman–Crippen MR) is 116 cm³/mol. The molecule has 140 valence electrons. The molecule has 0 bridgehead atoms. The molecule has 0 spiro atoms. The molecular weight excluding hydrogens is 415 g/mol. The lowest BCUT2D eigenvalue weighted by Gasteiger charge is -2.24. The van der Waals surface area contributed by atoms with Crippen LogP contribution in [0.5, 0.6) is 0 Å². The predicted octanol–water partition coefficient (Wildman–Crippen LogP) is 6.90. The summed E-state index contributed by atoms with van der Waals surface area (Å²) in [5.41, 5.74) is 2.90. The summed E-state index contributed by atoms with van der Waals surface area (Å²) in [5.74, 6) is -0.137. The van der Waals surface area contributed by atoms with Crippen LogP contribution in [0.25, 0.3) is 0 Å². The molecule has 1 aliphatic heterocycles. The van der Waals surface area contributed by atoms with Crippen molar-refractivity contribution in [1.82, 2.24) is 0 Å². The summed E-state index contributed by atoms with van der Waals surface area (Å²) in [6, 6.07) is 21.7. The van der Waals surface area contributed by atoms with Crippen molar-refractivity contribution in [2.45, 2.75) is 12.5 Å². The molecule has 0 saturated carbocycles. The lowest BCUT2D eigenvalue weighted by molar-refractivity contribution is -0.112. The number of benzene rings is 3. The van der Waals surface area contributed by atoms with Crippen molar-refractivity contribution >= 4 is 57.8 Å². The normalized spacial score (nSPS) is 18.1. The minimum Gasteiger partial charge on any atom is -0.299 e. The highest BCUT2D eigenvalue weighted by atomic mass is 35.5. The Labute approximate surface area is 178 Å². The molecule has 4 rings (SSSR count). The van der Waals surface area contributed by atoms with Crippen molar-refractivity contribution in [3.05, 3.63) is 93.4 Å². The minimum atomic E-state index is -0.177. The fourth-order valence-electron chi connectivity index (χ4n) is 3.29. The highest BCUT2D eigenvalue weighted by molar-refractivity contribution is 6.46. The van der Waals surface area contributed by atoms with Gasteiger partial charge in [-0.05, 0) is 60.2 Å². The van der Waals surface area contributed by atoms with Gasteiger partial charge in [-0.15, -0.1) is 0 Å². The van der Waals surface area contributed by atoms with Gasteiger partial charge in [-0.1, -0.05) is 53.0 Å². The van der Waals surface area contributed by atoms with Gasteiger partial charge in [0.2, 0.25) is 0 Å². The fourth-order valence-corrected chi connectivity index (χ4v) is 3.72. The number of anilines is 1. The van der Waals surface area contributed by atoms with Crippen molar-refractivity contribution < 1.29 is 4.79 Å². The van der Waals surface area contributed by atoms with E-state index < -0.39 is 0 Å². The summed E-state index contributed by atoms with van der Waals surface area (Å²) in [5, 5.41) is 1.85. The monoisotopic (exact) mass is 428 g/mol. The first kappa shape index (κ1) is 19.0. The van der Waals surface area contributed by atoms with Crippen molar-refractivity contribution in [2.24, 2.45) is 4.99 Å². The van der Waals surface area contributed by atoms with Gasteiger partial charge in [-0.2, -0.15) is 0 Å². The molecule has 28 heavy (non-hydrogen) atoms. The molecule has 1 heterocycles. The van der Waals surface area contributed by atoms with Crippen LogP contribution in [0.3, 0.4) is 0 Å². The van der Waals surface area contributed by atoms with Crippen molar-refractivity contribution in [3.8, 4) is 0 Å². The number of aliphatic imine (C=N–C) groups is 1. The summed E-state index contributed by atoms with van der Waals surface area (Å²) < 4.78 is 0. The van der Waals surface area contributed by atoms with E-state index >= 15 is 0 Å². The Bertz CT molecular complexity index is 1050. The zero-order valence-electron chi connectivity index (χ0n) is 14.6. The number of carbonyl (C=O) groups excluding carboxylic acids is 1. The third-order valence-corrected chi connectivity index (χ3v) is 5.33. The van der Waals surface area contributed by atoms with Crippen LogP contribution in [0.4, 0.5) is 11.4 Å². The first-order valence-corrected chi connectivity index (χ1v) is 9.82. The second-order valence-electron chi connectivity index (χ2n) is 6.46. The smallest absolute Gasteiger partial charge is 0.273 e. The van der Waals surface area contributed by atoms with E-state index in [1.54, 1.807) is 29.2 Å². The third-order valence-electron chi connectivity index (χ3n) is 4.60. The molecule has 1 fully saturated rings. The highest BCUT2D eigenvalue weighted by Gasteiger charge is 2.38. The maximum Gasteiger partial charge on any atom is 0.273 e. The van der Waals surface area contributed by atoms with Gasteiger partial charge >= 0.3 is 0 Å². The van der Waals surface area contributed by atoms with Crippen molar-refractivity contribution in [3.63, 3.8) is 0 Å². The Hall–Kier alpha value is -2.33. The van der Waals surface area contributed by atoms with E-state index in [0.29, 0.717) is 32.9 Å². The van der Waals surface area contributed by atoms with Crippen LogP contribution in [0.2, 0.25) is 15.1 Å². The highest BCUT2D eigenvalue weighted by Crippen LogP contribution is 2.37.